The Morgan fingerprint density at radius 1 is 0.793 bits per heavy atom. The van der Waals surface area contributed by atoms with E-state index in [9.17, 15) is 22.8 Å². The van der Waals surface area contributed by atoms with E-state index < -0.39 is 21.6 Å². The van der Waals surface area contributed by atoms with Gasteiger partial charge in [-0.15, -0.1) is 0 Å². The molecule has 0 N–H and O–H groups in total. The topological polar surface area (TPSA) is 94.6 Å². The van der Waals surface area contributed by atoms with Gasteiger partial charge < -0.3 is 4.74 Å². The standard InChI is InChI=1S/C22H14O6S/c1-13(23)14-6-9-16(10-7-14)28-22(25)15-8-11-18-20(12-15)29(26,27)19-5-3-2-4-17(19)21(18)24/h2-12H,1H3. The molecule has 0 saturated heterocycles. The summed E-state index contributed by atoms with van der Waals surface area (Å²) >= 11 is 0. The number of rotatable bonds is 3. The second-order valence-electron chi connectivity index (χ2n) is 6.51. The molecule has 0 bridgehead atoms. The molecule has 0 radical (unpaired) electrons. The summed E-state index contributed by atoms with van der Waals surface area (Å²) in [5.41, 5.74) is 0.601. The van der Waals surface area contributed by atoms with Crippen LogP contribution < -0.4 is 4.74 Å². The fourth-order valence-electron chi connectivity index (χ4n) is 3.13. The van der Waals surface area contributed by atoms with Crippen molar-refractivity contribution in [2.24, 2.45) is 0 Å². The third-order valence-electron chi connectivity index (χ3n) is 4.64. The molecule has 0 aliphatic carbocycles. The third-order valence-corrected chi connectivity index (χ3v) is 6.50. The SMILES string of the molecule is CC(=O)c1ccc(OC(=O)c2ccc3c(c2)S(=O)(=O)c2ccccc2C3=O)cc1. The Morgan fingerprint density at radius 2 is 1.41 bits per heavy atom. The zero-order valence-corrected chi connectivity index (χ0v) is 16.0. The Bertz CT molecular complexity index is 1290. The van der Waals surface area contributed by atoms with E-state index in [1.54, 1.807) is 6.07 Å². The molecular formula is C22H14O6S. The Labute approximate surface area is 166 Å². The van der Waals surface area contributed by atoms with Gasteiger partial charge >= 0.3 is 5.97 Å². The summed E-state index contributed by atoms with van der Waals surface area (Å²) in [6.07, 6.45) is 0. The number of sulfone groups is 1. The lowest BCUT2D eigenvalue weighted by atomic mass is 10.0. The van der Waals surface area contributed by atoms with E-state index in [2.05, 4.69) is 0 Å². The lowest BCUT2D eigenvalue weighted by Crippen LogP contribution is -2.21. The highest BCUT2D eigenvalue weighted by Gasteiger charge is 2.35. The van der Waals surface area contributed by atoms with E-state index in [4.69, 9.17) is 4.74 Å². The zero-order valence-electron chi connectivity index (χ0n) is 15.2. The van der Waals surface area contributed by atoms with Crippen LogP contribution in [0.15, 0.2) is 76.5 Å². The molecule has 0 amide bonds. The number of hydrogen-bond acceptors (Lipinski definition) is 6. The Balaban J connectivity index is 1.69. The van der Waals surface area contributed by atoms with Gasteiger partial charge in [0, 0.05) is 16.7 Å². The van der Waals surface area contributed by atoms with Gasteiger partial charge in [0.25, 0.3) is 0 Å². The summed E-state index contributed by atoms with van der Waals surface area (Å²) in [5, 5.41) is 0. The summed E-state index contributed by atoms with van der Waals surface area (Å²) in [5.74, 6) is -1.09. The zero-order chi connectivity index (χ0) is 20.8. The molecule has 0 spiro atoms. The molecule has 1 heterocycles. The van der Waals surface area contributed by atoms with Crippen LogP contribution in [0.2, 0.25) is 0 Å². The largest absolute Gasteiger partial charge is 0.423 e. The minimum absolute atomic E-state index is 0.00449. The Hall–Kier alpha value is -3.58. The van der Waals surface area contributed by atoms with Crippen LogP contribution in [-0.4, -0.2) is 26.0 Å². The van der Waals surface area contributed by atoms with E-state index in [0.29, 0.717) is 5.56 Å². The molecule has 3 aromatic rings. The average Bonchev–Trinajstić information content (AvgIpc) is 2.72. The minimum Gasteiger partial charge on any atom is -0.423 e. The van der Waals surface area contributed by atoms with Crippen LogP contribution >= 0.6 is 0 Å². The molecule has 7 heteroatoms. The number of Topliss-reactive ketones (excluding diaryl/α,β-unsaturated/α-hetero) is 1. The molecule has 0 atom stereocenters. The van der Waals surface area contributed by atoms with Crippen LogP contribution in [0, 0.1) is 0 Å². The van der Waals surface area contributed by atoms with Crippen LogP contribution in [0.25, 0.3) is 0 Å². The van der Waals surface area contributed by atoms with Crippen molar-refractivity contribution in [3.8, 4) is 5.75 Å². The number of ketones is 2. The fourth-order valence-corrected chi connectivity index (χ4v) is 4.81. The van der Waals surface area contributed by atoms with Crippen molar-refractivity contribution in [2.75, 3.05) is 0 Å². The van der Waals surface area contributed by atoms with E-state index in [0.717, 1.165) is 6.07 Å². The first-order chi connectivity index (χ1) is 13.8. The van der Waals surface area contributed by atoms with Gasteiger partial charge in [-0.1, -0.05) is 12.1 Å². The van der Waals surface area contributed by atoms with Crippen LogP contribution in [0.3, 0.4) is 0 Å². The smallest absolute Gasteiger partial charge is 0.343 e. The van der Waals surface area contributed by atoms with Gasteiger partial charge in [-0.2, -0.15) is 0 Å². The number of carbonyl (C=O) groups is 3. The maximum atomic E-state index is 12.9. The third kappa shape index (κ3) is 3.15. The molecule has 144 valence electrons. The van der Waals surface area contributed by atoms with Gasteiger partial charge in [0.15, 0.2) is 11.6 Å². The molecule has 0 aromatic heterocycles. The fraction of sp³-hybridized carbons (Fsp3) is 0.0455. The normalized spacial score (nSPS) is 13.9. The predicted molar refractivity (Wildman–Crippen MR) is 103 cm³/mol. The Morgan fingerprint density at radius 3 is 2.10 bits per heavy atom. The first kappa shape index (κ1) is 18.8. The van der Waals surface area contributed by atoms with Crippen molar-refractivity contribution in [1.29, 1.82) is 0 Å². The van der Waals surface area contributed by atoms with Crippen LogP contribution in [0.5, 0.6) is 5.75 Å². The highest BCUT2D eigenvalue weighted by atomic mass is 32.2. The first-order valence-corrected chi connectivity index (χ1v) is 10.1. The van der Waals surface area contributed by atoms with Gasteiger partial charge in [0.2, 0.25) is 9.84 Å². The van der Waals surface area contributed by atoms with E-state index in [1.807, 2.05) is 0 Å². The number of ether oxygens (including phenoxy) is 1. The minimum atomic E-state index is -3.94. The number of benzene rings is 3. The van der Waals surface area contributed by atoms with Crippen LogP contribution in [0.4, 0.5) is 0 Å². The van der Waals surface area contributed by atoms with Crippen LogP contribution in [0.1, 0.15) is 43.6 Å². The van der Waals surface area contributed by atoms with Gasteiger partial charge in [-0.05, 0) is 61.5 Å². The molecule has 0 fully saturated rings. The van der Waals surface area contributed by atoms with E-state index in [-0.39, 0.29) is 38.0 Å². The van der Waals surface area contributed by atoms with Crippen molar-refractivity contribution in [3.63, 3.8) is 0 Å². The Kier molecular flexibility index (Phi) is 4.39. The number of fused-ring (bicyclic) bond motifs is 2. The quantitative estimate of drug-likeness (QED) is 0.294. The molecule has 0 saturated carbocycles. The first-order valence-electron chi connectivity index (χ1n) is 8.65. The van der Waals surface area contributed by atoms with Crippen molar-refractivity contribution in [3.05, 3.63) is 89.0 Å². The second kappa shape index (κ2) is 6.79. The lowest BCUT2D eigenvalue weighted by Gasteiger charge is -2.19. The number of carbonyl (C=O) groups excluding carboxylic acids is 3. The highest BCUT2D eigenvalue weighted by molar-refractivity contribution is 7.91. The van der Waals surface area contributed by atoms with E-state index >= 15 is 0 Å². The van der Waals surface area contributed by atoms with Gasteiger partial charge in [0.1, 0.15) is 5.75 Å². The van der Waals surface area contributed by atoms with Crippen molar-refractivity contribution in [1.82, 2.24) is 0 Å². The average molecular weight is 406 g/mol. The second-order valence-corrected chi connectivity index (χ2v) is 8.40. The summed E-state index contributed by atoms with van der Waals surface area (Å²) in [7, 11) is -3.94. The predicted octanol–water partition coefficient (Wildman–Crippen LogP) is 3.49. The molecule has 6 nitrogen and oxygen atoms in total. The summed E-state index contributed by atoms with van der Waals surface area (Å²) in [4.78, 5) is 36.2. The lowest BCUT2D eigenvalue weighted by molar-refractivity contribution is 0.0734. The summed E-state index contributed by atoms with van der Waals surface area (Å²) in [6.45, 7) is 1.42. The molecular weight excluding hydrogens is 392 g/mol. The summed E-state index contributed by atoms with van der Waals surface area (Å²) in [6, 6.07) is 15.8. The molecule has 29 heavy (non-hydrogen) atoms. The molecule has 1 aliphatic heterocycles. The van der Waals surface area contributed by atoms with Crippen LogP contribution in [-0.2, 0) is 9.84 Å². The maximum absolute atomic E-state index is 12.9. The monoisotopic (exact) mass is 406 g/mol. The molecule has 1 aliphatic rings. The molecule has 3 aromatic carbocycles. The van der Waals surface area contributed by atoms with E-state index in [1.165, 1.54) is 61.5 Å². The van der Waals surface area contributed by atoms with Gasteiger partial charge in [-0.3, -0.25) is 9.59 Å². The van der Waals surface area contributed by atoms with Gasteiger partial charge in [0.05, 0.1) is 15.4 Å². The number of hydrogen-bond donors (Lipinski definition) is 0. The molecule has 4 rings (SSSR count). The summed E-state index contributed by atoms with van der Waals surface area (Å²) < 4.78 is 31.1. The highest BCUT2D eigenvalue weighted by Crippen LogP contribution is 2.34. The van der Waals surface area contributed by atoms with Crippen molar-refractivity contribution in [2.45, 2.75) is 16.7 Å². The van der Waals surface area contributed by atoms with Gasteiger partial charge in [-0.25, -0.2) is 13.2 Å². The molecule has 0 unspecified atom stereocenters. The van der Waals surface area contributed by atoms with Crippen molar-refractivity contribution < 1.29 is 27.5 Å². The maximum Gasteiger partial charge on any atom is 0.343 e. The number of esters is 1. The van der Waals surface area contributed by atoms with Crippen molar-refractivity contribution >= 4 is 27.4 Å².